The number of pyridine rings is 1. The number of halogens is 1. The van der Waals surface area contributed by atoms with Gasteiger partial charge < -0.3 is 4.74 Å². The normalized spacial score (nSPS) is 11.3. The predicted octanol–water partition coefficient (Wildman–Crippen LogP) is 4.31. The third-order valence-electron chi connectivity index (χ3n) is 3.17. The van der Waals surface area contributed by atoms with Crippen molar-refractivity contribution < 1.29 is 9.53 Å². The lowest BCUT2D eigenvalue weighted by molar-refractivity contribution is -0.137. The quantitative estimate of drug-likeness (QED) is 0.589. The van der Waals surface area contributed by atoms with Crippen LogP contribution in [0.25, 0.3) is 5.57 Å². The summed E-state index contributed by atoms with van der Waals surface area (Å²) in [6.45, 7) is 2.15. The van der Waals surface area contributed by atoms with Crippen molar-refractivity contribution in [2.45, 2.75) is 19.8 Å². The maximum Gasteiger partial charge on any atom is 0.331 e. The van der Waals surface area contributed by atoms with Gasteiger partial charge in [-0.05, 0) is 55.2 Å². The fraction of sp³-hybridized carbons (Fsp3) is 0.222. The molecular formula is C18H18ClNO2. The van der Waals surface area contributed by atoms with Crippen molar-refractivity contribution >= 4 is 23.1 Å². The van der Waals surface area contributed by atoms with Gasteiger partial charge in [-0.1, -0.05) is 29.8 Å². The molecule has 2 aromatic rings. The largest absolute Gasteiger partial charge is 0.463 e. The van der Waals surface area contributed by atoms with Crippen LogP contribution in [0.2, 0.25) is 5.02 Å². The van der Waals surface area contributed by atoms with Crippen molar-refractivity contribution in [1.29, 1.82) is 0 Å². The third-order valence-corrected chi connectivity index (χ3v) is 3.42. The minimum absolute atomic E-state index is 0.334. The highest BCUT2D eigenvalue weighted by molar-refractivity contribution is 6.30. The van der Waals surface area contributed by atoms with Gasteiger partial charge in [0, 0.05) is 17.3 Å². The van der Waals surface area contributed by atoms with E-state index >= 15 is 0 Å². The van der Waals surface area contributed by atoms with Gasteiger partial charge in [0.25, 0.3) is 0 Å². The second-order valence-electron chi connectivity index (χ2n) is 4.76. The van der Waals surface area contributed by atoms with Crippen LogP contribution >= 0.6 is 11.6 Å². The molecular weight excluding hydrogens is 298 g/mol. The fourth-order valence-electron chi connectivity index (χ4n) is 2.08. The molecule has 0 aliphatic carbocycles. The molecule has 1 heterocycles. The molecule has 0 radical (unpaired) electrons. The van der Waals surface area contributed by atoms with Gasteiger partial charge in [0.05, 0.1) is 12.3 Å². The highest BCUT2D eigenvalue weighted by Gasteiger charge is 2.07. The van der Waals surface area contributed by atoms with Crippen LogP contribution < -0.4 is 0 Å². The Labute approximate surface area is 135 Å². The molecule has 1 aromatic carbocycles. The number of aryl methyl sites for hydroxylation is 1. The Hall–Kier alpha value is -2.13. The van der Waals surface area contributed by atoms with Crippen molar-refractivity contribution in [1.82, 2.24) is 4.98 Å². The molecule has 0 spiro atoms. The van der Waals surface area contributed by atoms with Crippen molar-refractivity contribution in [3.05, 3.63) is 71.0 Å². The lowest BCUT2D eigenvalue weighted by atomic mass is 10.0. The van der Waals surface area contributed by atoms with E-state index in [4.69, 9.17) is 16.3 Å². The van der Waals surface area contributed by atoms with E-state index in [9.17, 15) is 4.79 Å². The second-order valence-corrected chi connectivity index (χ2v) is 5.20. The molecule has 0 amide bonds. The average molecular weight is 316 g/mol. The van der Waals surface area contributed by atoms with E-state index in [-0.39, 0.29) is 5.97 Å². The fourth-order valence-corrected chi connectivity index (χ4v) is 2.21. The van der Waals surface area contributed by atoms with Crippen LogP contribution in [-0.2, 0) is 16.0 Å². The van der Waals surface area contributed by atoms with E-state index < -0.39 is 0 Å². The number of ether oxygens (including phenoxy) is 1. The number of rotatable bonds is 6. The molecule has 0 saturated heterocycles. The molecule has 0 N–H and O–H groups in total. The summed E-state index contributed by atoms with van der Waals surface area (Å²) in [6, 6.07) is 13.4. The van der Waals surface area contributed by atoms with E-state index in [2.05, 4.69) is 4.98 Å². The third kappa shape index (κ3) is 5.01. The number of aromatic nitrogens is 1. The molecule has 2 rings (SSSR count). The van der Waals surface area contributed by atoms with Gasteiger partial charge in [-0.2, -0.15) is 0 Å². The number of hydrogen-bond donors (Lipinski definition) is 0. The van der Waals surface area contributed by atoms with E-state index in [1.54, 1.807) is 13.1 Å². The van der Waals surface area contributed by atoms with Crippen molar-refractivity contribution in [3.63, 3.8) is 0 Å². The zero-order valence-electron chi connectivity index (χ0n) is 12.5. The summed E-state index contributed by atoms with van der Waals surface area (Å²) < 4.78 is 5.00. The summed E-state index contributed by atoms with van der Waals surface area (Å²) in [4.78, 5) is 16.1. The lowest BCUT2D eigenvalue weighted by Gasteiger charge is -2.08. The SMILES string of the molecule is CCOC(=O)/C=C(\CCc1ccc(Cl)cc1)c1ccccn1. The van der Waals surface area contributed by atoms with Gasteiger partial charge in [-0.3, -0.25) is 4.98 Å². The number of esters is 1. The summed E-state index contributed by atoms with van der Waals surface area (Å²) in [6.07, 6.45) is 4.76. The first-order valence-electron chi connectivity index (χ1n) is 7.22. The maximum atomic E-state index is 11.7. The first kappa shape index (κ1) is 16.2. The van der Waals surface area contributed by atoms with Crippen LogP contribution in [0.3, 0.4) is 0 Å². The van der Waals surface area contributed by atoms with Gasteiger partial charge in [-0.25, -0.2) is 4.79 Å². The summed E-state index contributed by atoms with van der Waals surface area (Å²) in [5.41, 5.74) is 2.83. The van der Waals surface area contributed by atoms with Crippen LogP contribution in [0.1, 0.15) is 24.6 Å². The summed E-state index contributed by atoms with van der Waals surface area (Å²) in [5, 5.41) is 0.718. The molecule has 0 aliphatic rings. The monoisotopic (exact) mass is 315 g/mol. The highest BCUT2D eigenvalue weighted by Crippen LogP contribution is 2.20. The van der Waals surface area contributed by atoms with Crippen LogP contribution in [0.15, 0.2) is 54.7 Å². The van der Waals surface area contributed by atoms with E-state index in [1.807, 2.05) is 42.5 Å². The maximum absolute atomic E-state index is 11.7. The number of benzene rings is 1. The van der Waals surface area contributed by atoms with E-state index in [0.29, 0.717) is 13.0 Å². The van der Waals surface area contributed by atoms with Gasteiger partial charge >= 0.3 is 5.97 Å². The lowest BCUT2D eigenvalue weighted by Crippen LogP contribution is -2.02. The Balaban J connectivity index is 2.14. The van der Waals surface area contributed by atoms with Crippen molar-refractivity contribution in [2.24, 2.45) is 0 Å². The van der Waals surface area contributed by atoms with Crippen LogP contribution in [0, 0.1) is 0 Å². The number of hydrogen-bond acceptors (Lipinski definition) is 3. The smallest absolute Gasteiger partial charge is 0.331 e. The molecule has 0 aliphatic heterocycles. The summed E-state index contributed by atoms with van der Waals surface area (Å²) in [5.74, 6) is -0.334. The molecule has 0 bridgehead atoms. The standard InChI is InChI=1S/C18H18ClNO2/c1-2-22-18(21)13-15(17-5-3-4-12-20-17)9-6-14-7-10-16(19)11-8-14/h3-5,7-8,10-13H,2,6,9H2,1H3/b15-13+. The van der Waals surface area contributed by atoms with Gasteiger partial charge in [-0.15, -0.1) is 0 Å². The van der Waals surface area contributed by atoms with E-state index in [1.165, 1.54) is 6.08 Å². The van der Waals surface area contributed by atoms with Gasteiger partial charge in [0.15, 0.2) is 0 Å². The Bertz CT molecular complexity index is 636. The Kier molecular flexibility index (Phi) is 6.16. The molecule has 114 valence electrons. The number of carbonyl (C=O) groups is 1. The van der Waals surface area contributed by atoms with Gasteiger partial charge in [0.1, 0.15) is 0 Å². The number of carbonyl (C=O) groups excluding carboxylic acids is 1. The summed E-state index contributed by atoms with van der Waals surface area (Å²) in [7, 11) is 0. The minimum Gasteiger partial charge on any atom is -0.463 e. The first-order chi connectivity index (χ1) is 10.7. The highest BCUT2D eigenvalue weighted by atomic mass is 35.5. The molecule has 0 fully saturated rings. The molecule has 4 heteroatoms. The minimum atomic E-state index is -0.334. The second kappa shape index (κ2) is 8.35. The molecule has 0 unspecified atom stereocenters. The van der Waals surface area contributed by atoms with Crippen molar-refractivity contribution in [3.8, 4) is 0 Å². The number of allylic oxidation sites excluding steroid dienone is 1. The average Bonchev–Trinajstić information content (AvgIpc) is 2.54. The predicted molar refractivity (Wildman–Crippen MR) is 88.6 cm³/mol. The Morgan fingerprint density at radius 1 is 1.23 bits per heavy atom. The Morgan fingerprint density at radius 2 is 2.00 bits per heavy atom. The Morgan fingerprint density at radius 3 is 2.64 bits per heavy atom. The first-order valence-corrected chi connectivity index (χ1v) is 7.60. The molecule has 0 atom stereocenters. The number of nitrogens with zero attached hydrogens (tertiary/aromatic N) is 1. The molecule has 22 heavy (non-hydrogen) atoms. The van der Waals surface area contributed by atoms with E-state index in [0.717, 1.165) is 28.3 Å². The zero-order chi connectivity index (χ0) is 15.8. The topological polar surface area (TPSA) is 39.2 Å². The summed E-state index contributed by atoms with van der Waals surface area (Å²) >= 11 is 5.89. The zero-order valence-corrected chi connectivity index (χ0v) is 13.2. The van der Waals surface area contributed by atoms with Crippen LogP contribution in [0.4, 0.5) is 0 Å². The molecule has 0 saturated carbocycles. The van der Waals surface area contributed by atoms with Crippen LogP contribution in [0.5, 0.6) is 0 Å². The van der Waals surface area contributed by atoms with Crippen molar-refractivity contribution in [2.75, 3.05) is 6.61 Å². The van der Waals surface area contributed by atoms with Crippen LogP contribution in [-0.4, -0.2) is 17.6 Å². The van der Waals surface area contributed by atoms with Gasteiger partial charge in [0.2, 0.25) is 0 Å². The molecule has 1 aromatic heterocycles. The molecule has 3 nitrogen and oxygen atoms in total.